The number of carbonyl (C=O) groups is 1. The zero-order valence-corrected chi connectivity index (χ0v) is 16.5. The molecule has 3 aromatic rings. The Hall–Kier alpha value is -2.29. The van der Waals surface area contributed by atoms with E-state index in [0.29, 0.717) is 22.3 Å². The van der Waals surface area contributed by atoms with Crippen LogP contribution >= 0.6 is 34.7 Å². The molecule has 0 radical (unpaired) electrons. The Bertz CT molecular complexity index is 984. The van der Waals surface area contributed by atoms with Gasteiger partial charge in [-0.05, 0) is 31.2 Å². The van der Waals surface area contributed by atoms with E-state index in [1.54, 1.807) is 24.3 Å². The van der Waals surface area contributed by atoms with Gasteiger partial charge in [0.2, 0.25) is 11.2 Å². The molecule has 27 heavy (non-hydrogen) atoms. The van der Waals surface area contributed by atoms with Crippen LogP contribution in [0.1, 0.15) is 11.5 Å². The average Bonchev–Trinajstić information content (AvgIpc) is 3.07. The molecule has 3 rings (SSSR count). The Morgan fingerprint density at radius 2 is 2.11 bits per heavy atom. The van der Waals surface area contributed by atoms with Crippen molar-refractivity contribution in [1.29, 1.82) is 0 Å². The molecule has 2 aromatic heterocycles. The third kappa shape index (κ3) is 5.85. The highest BCUT2D eigenvalue weighted by molar-refractivity contribution is 8.00. The zero-order valence-electron chi connectivity index (χ0n) is 14.1. The third-order valence-electron chi connectivity index (χ3n) is 3.18. The number of ether oxygens (including phenoxy) is 2. The van der Waals surface area contributed by atoms with Crippen LogP contribution in [0.3, 0.4) is 0 Å². The number of aryl methyl sites for hydroxylation is 1. The first-order valence-electron chi connectivity index (χ1n) is 7.75. The van der Waals surface area contributed by atoms with Crippen LogP contribution in [0.25, 0.3) is 0 Å². The molecule has 0 saturated heterocycles. The highest BCUT2D eigenvalue weighted by Gasteiger charge is 2.12. The summed E-state index contributed by atoms with van der Waals surface area (Å²) in [6, 6.07) is 7.83. The molecule has 0 N–H and O–H groups in total. The monoisotopic (exact) mass is 423 g/mol. The van der Waals surface area contributed by atoms with Crippen molar-refractivity contribution in [2.24, 2.45) is 0 Å². The number of aromatic nitrogens is 1. The standard InChI is InChI=1S/C18H14ClNO5S2/c1-11-9-26-18(20-11)27-10-14-6-15(21)16(7-23-14)25-17(22)8-24-13-4-2-12(19)3-5-13/h2-7,9H,8,10H2,1H3. The predicted octanol–water partition coefficient (Wildman–Crippen LogP) is 4.33. The van der Waals surface area contributed by atoms with Gasteiger partial charge in [-0.2, -0.15) is 0 Å². The molecule has 0 fully saturated rings. The zero-order chi connectivity index (χ0) is 19.2. The number of esters is 1. The Balaban J connectivity index is 1.53. The SMILES string of the molecule is Cc1csc(SCc2cc(=O)c(OC(=O)COc3ccc(Cl)cc3)co2)n1. The highest BCUT2D eigenvalue weighted by Crippen LogP contribution is 2.26. The van der Waals surface area contributed by atoms with Crippen molar-refractivity contribution >= 4 is 40.7 Å². The van der Waals surface area contributed by atoms with Crippen molar-refractivity contribution < 1.29 is 18.7 Å². The molecule has 0 aliphatic carbocycles. The van der Waals surface area contributed by atoms with Gasteiger partial charge < -0.3 is 13.9 Å². The van der Waals surface area contributed by atoms with Gasteiger partial charge in [-0.1, -0.05) is 23.4 Å². The van der Waals surface area contributed by atoms with Crippen molar-refractivity contribution in [3.05, 3.63) is 68.7 Å². The van der Waals surface area contributed by atoms with Crippen molar-refractivity contribution in [1.82, 2.24) is 4.98 Å². The van der Waals surface area contributed by atoms with Crippen LogP contribution in [-0.4, -0.2) is 17.6 Å². The molecule has 0 atom stereocenters. The number of hydrogen-bond donors (Lipinski definition) is 0. The summed E-state index contributed by atoms with van der Waals surface area (Å²) in [5.74, 6) is 0.496. The molecule has 9 heteroatoms. The number of nitrogens with zero attached hydrogens (tertiary/aromatic N) is 1. The van der Waals surface area contributed by atoms with Gasteiger partial charge in [-0.3, -0.25) is 4.79 Å². The van der Waals surface area contributed by atoms with Crippen LogP contribution in [0.4, 0.5) is 0 Å². The van der Waals surface area contributed by atoms with Gasteiger partial charge >= 0.3 is 5.97 Å². The van der Waals surface area contributed by atoms with Crippen LogP contribution in [0, 0.1) is 6.92 Å². The number of thiazole rings is 1. The molecule has 0 aliphatic heterocycles. The Morgan fingerprint density at radius 3 is 2.78 bits per heavy atom. The first-order chi connectivity index (χ1) is 13.0. The minimum atomic E-state index is -0.711. The van der Waals surface area contributed by atoms with Crippen LogP contribution in [-0.2, 0) is 10.5 Å². The largest absolute Gasteiger partial charge is 0.482 e. The molecule has 140 valence electrons. The molecule has 1 aromatic carbocycles. The molecule has 2 heterocycles. The van der Waals surface area contributed by atoms with Gasteiger partial charge in [0.05, 0.1) is 5.75 Å². The molecule has 0 saturated carbocycles. The Morgan fingerprint density at radius 1 is 1.33 bits per heavy atom. The second-order valence-electron chi connectivity index (χ2n) is 5.33. The van der Waals surface area contributed by atoms with Gasteiger partial charge in [-0.25, -0.2) is 9.78 Å². The number of carbonyl (C=O) groups excluding carboxylic acids is 1. The summed E-state index contributed by atoms with van der Waals surface area (Å²) in [5.41, 5.74) is 0.513. The lowest BCUT2D eigenvalue weighted by atomic mass is 10.3. The summed E-state index contributed by atoms with van der Waals surface area (Å²) in [6.07, 6.45) is 1.13. The van der Waals surface area contributed by atoms with E-state index >= 15 is 0 Å². The Kier molecular flexibility index (Phi) is 6.54. The van der Waals surface area contributed by atoms with Gasteiger partial charge in [-0.15, -0.1) is 11.3 Å². The molecule has 0 spiro atoms. The topological polar surface area (TPSA) is 78.6 Å². The number of benzene rings is 1. The summed E-state index contributed by atoms with van der Waals surface area (Å²) < 4.78 is 16.5. The molecule has 0 bridgehead atoms. The van der Waals surface area contributed by atoms with Gasteiger partial charge in [0, 0.05) is 22.2 Å². The lowest BCUT2D eigenvalue weighted by molar-refractivity contribution is -0.136. The maximum Gasteiger partial charge on any atom is 0.349 e. The maximum absolute atomic E-state index is 12.1. The third-order valence-corrected chi connectivity index (χ3v) is 5.60. The van der Waals surface area contributed by atoms with Crippen LogP contribution in [0.5, 0.6) is 11.5 Å². The van der Waals surface area contributed by atoms with E-state index in [0.717, 1.165) is 16.3 Å². The fourth-order valence-electron chi connectivity index (χ4n) is 1.95. The second kappa shape index (κ2) is 9.07. The molecular weight excluding hydrogens is 410 g/mol. The van der Waals surface area contributed by atoms with Crippen molar-refractivity contribution in [3.63, 3.8) is 0 Å². The summed E-state index contributed by atoms with van der Waals surface area (Å²) >= 11 is 8.77. The van der Waals surface area contributed by atoms with E-state index in [1.165, 1.54) is 29.2 Å². The minimum Gasteiger partial charge on any atom is -0.482 e. The van der Waals surface area contributed by atoms with E-state index in [9.17, 15) is 9.59 Å². The van der Waals surface area contributed by atoms with Crippen LogP contribution in [0.15, 0.2) is 55.5 Å². The van der Waals surface area contributed by atoms with Crippen molar-refractivity contribution in [3.8, 4) is 11.5 Å². The fraction of sp³-hybridized carbons (Fsp3) is 0.167. The summed E-state index contributed by atoms with van der Waals surface area (Å²) in [6.45, 7) is 1.57. The van der Waals surface area contributed by atoms with E-state index in [2.05, 4.69) is 4.98 Å². The normalized spacial score (nSPS) is 10.6. The van der Waals surface area contributed by atoms with E-state index in [-0.39, 0.29) is 12.4 Å². The van der Waals surface area contributed by atoms with Gasteiger partial charge in [0.1, 0.15) is 17.8 Å². The molecule has 0 unspecified atom stereocenters. The maximum atomic E-state index is 12.1. The van der Waals surface area contributed by atoms with Gasteiger partial charge in [0.25, 0.3) is 0 Å². The quantitative estimate of drug-likeness (QED) is 0.413. The number of hydrogen-bond acceptors (Lipinski definition) is 8. The Labute approximate surface area is 168 Å². The minimum absolute atomic E-state index is 0.182. The second-order valence-corrected chi connectivity index (χ2v) is 7.85. The lowest BCUT2D eigenvalue weighted by Crippen LogP contribution is -2.20. The molecule has 6 nitrogen and oxygen atoms in total. The number of halogens is 1. The first-order valence-corrected chi connectivity index (χ1v) is 9.99. The van der Waals surface area contributed by atoms with E-state index < -0.39 is 11.4 Å². The van der Waals surface area contributed by atoms with Crippen molar-refractivity contribution in [2.75, 3.05) is 6.61 Å². The summed E-state index contributed by atoms with van der Waals surface area (Å²) in [4.78, 5) is 28.3. The van der Waals surface area contributed by atoms with E-state index in [4.69, 9.17) is 25.5 Å². The molecule has 0 aliphatic rings. The fourth-order valence-corrected chi connectivity index (χ4v) is 3.81. The van der Waals surface area contributed by atoms with Crippen LogP contribution < -0.4 is 14.9 Å². The van der Waals surface area contributed by atoms with Crippen molar-refractivity contribution in [2.45, 2.75) is 17.0 Å². The number of rotatable bonds is 7. The number of thioether (sulfide) groups is 1. The predicted molar refractivity (Wildman–Crippen MR) is 104 cm³/mol. The highest BCUT2D eigenvalue weighted by atomic mass is 35.5. The lowest BCUT2D eigenvalue weighted by Gasteiger charge is -2.06. The smallest absolute Gasteiger partial charge is 0.349 e. The first kappa shape index (κ1) is 19.5. The van der Waals surface area contributed by atoms with Gasteiger partial charge in [0.15, 0.2) is 10.9 Å². The average molecular weight is 424 g/mol. The molecular formula is C18H14ClNO5S2. The summed E-state index contributed by atoms with van der Waals surface area (Å²) in [7, 11) is 0. The molecule has 0 amide bonds. The van der Waals surface area contributed by atoms with E-state index in [1.807, 2.05) is 12.3 Å². The summed E-state index contributed by atoms with van der Waals surface area (Å²) in [5, 5.41) is 2.51. The van der Waals surface area contributed by atoms with Crippen LogP contribution in [0.2, 0.25) is 5.02 Å².